The lowest BCUT2D eigenvalue weighted by Crippen LogP contribution is -2.51. The number of halogens is 1. The summed E-state index contributed by atoms with van der Waals surface area (Å²) in [5.41, 5.74) is 0. The van der Waals surface area contributed by atoms with Gasteiger partial charge in [-0.2, -0.15) is 0 Å². The van der Waals surface area contributed by atoms with E-state index in [4.69, 9.17) is 26.2 Å². The molecule has 2 N–H and O–H groups in total. The van der Waals surface area contributed by atoms with Crippen LogP contribution in [0.4, 0.5) is 4.79 Å². The molecule has 1 aromatic rings. The number of pyridine rings is 1. The third-order valence-corrected chi connectivity index (χ3v) is 4.88. The van der Waals surface area contributed by atoms with Gasteiger partial charge in [0.25, 0.3) is 0 Å². The molecule has 140 valence electrons. The average Bonchev–Trinajstić information content (AvgIpc) is 2.58. The van der Waals surface area contributed by atoms with Crippen molar-refractivity contribution in [1.82, 2.24) is 14.8 Å². The number of hydrogen-bond donors (Lipinski definition) is 1. The number of carbonyl (C=O) groups is 1. The molecule has 1 atom stereocenters. The Hall–Kier alpha value is -1.62. The van der Waals surface area contributed by atoms with Crippen molar-refractivity contribution in [2.45, 2.75) is 17.9 Å². The molecule has 0 bridgehead atoms. The van der Waals surface area contributed by atoms with Crippen LogP contribution in [-0.2, 0) is 14.8 Å². The minimum atomic E-state index is -3.88. The van der Waals surface area contributed by atoms with Gasteiger partial charge in [0.05, 0.1) is 19.3 Å². The Morgan fingerprint density at radius 3 is 2.92 bits per heavy atom. The van der Waals surface area contributed by atoms with Crippen molar-refractivity contribution in [1.29, 1.82) is 0 Å². The molecule has 0 aromatic carbocycles. The van der Waals surface area contributed by atoms with Gasteiger partial charge < -0.3 is 19.3 Å². The Kier molecular flexibility index (Phi) is 6.44. The highest BCUT2D eigenvalue weighted by atomic mass is 35.5. The number of carbonyl (C=O) groups excluding carboxylic acids is 1. The van der Waals surface area contributed by atoms with Crippen molar-refractivity contribution in [3.05, 3.63) is 17.3 Å². The van der Waals surface area contributed by atoms with E-state index in [2.05, 4.69) is 4.98 Å². The zero-order chi connectivity index (χ0) is 18.6. The smallest absolute Gasteiger partial charge is 0.319 e. The van der Waals surface area contributed by atoms with Crippen LogP contribution in [0.2, 0.25) is 5.02 Å². The van der Waals surface area contributed by atoms with Crippen molar-refractivity contribution < 1.29 is 22.7 Å². The standard InChI is InChI=1S/C14H21ClN4O5S/c1-3-18(2)14(20)19-4-5-23-10(8-19)9-24-13-12(15)6-11(7-17-13)25(16,21)22/h6-7,10H,3-5,8-9H2,1-2H3,(H2,16,21,22). The quantitative estimate of drug-likeness (QED) is 0.781. The fourth-order valence-corrected chi connectivity index (χ4v) is 2.98. The molecule has 1 unspecified atom stereocenters. The largest absolute Gasteiger partial charge is 0.474 e. The summed E-state index contributed by atoms with van der Waals surface area (Å²) in [4.78, 5) is 19.2. The van der Waals surface area contributed by atoms with Gasteiger partial charge in [-0.25, -0.2) is 23.3 Å². The number of urea groups is 1. The Bertz CT molecular complexity index is 730. The zero-order valence-electron chi connectivity index (χ0n) is 14.0. The summed E-state index contributed by atoms with van der Waals surface area (Å²) < 4.78 is 33.6. The van der Waals surface area contributed by atoms with Gasteiger partial charge in [-0.3, -0.25) is 0 Å². The van der Waals surface area contributed by atoms with Crippen LogP contribution in [0.1, 0.15) is 6.92 Å². The van der Waals surface area contributed by atoms with Crippen molar-refractivity contribution in [2.75, 3.05) is 39.9 Å². The number of primary sulfonamides is 1. The second-order valence-electron chi connectivity index (χ2n) is 5.55. The van der Waals surface area contributed by atoms with E-state index in [0.717, 1.165) is 6.20 Å². The third-order valence-electron chi connectivity index (χ3n) is 3.73. The van der Waals surface area contributed by atoms with Crippen LogP contribution in [0, 0.1) is 0 Å². The summed E-state index contributed by atoms with van der Waals surface area (Å²) in [6.07, 6.45) is 0.739. The number of nitrogens with zero attached hydrogens (tertiary/aromatic N) is 3. The molecule has 1 aliphatic heterocycles. The normalized spacial score (nSPS) is 18.1. The zero-order valence-corrected chi connectivity index (χ0v) is 15.6. The molecule has 1 fully saturated rings. The molecule has 1 saturated heterocycles. The molecule has 0 saturated carbocycles. The van der Waals surface area contributed by atoms with E-state index in [0.29, 0.717) is 26.2 Å². The van der Waals surface area contributed by atoms with E-state index in [-0.39, 0.29) is 34.5 Å². The number of ether oxygens (including phenoxy) is 2. The van der Waals surface area contributed by atoms with E-state index < -0.39 is 10.0 Å². The number of morpholine rings is 1. The molecule has 0 aliphatic carbocycles. The maximum absolute atomic E-state index is 12.2. The molecule has 9 nitrogen and oxygen atoms in total. The van der Waals surface area contributed by atoms with E-state index in [1.54, 1.807) is 16.8 Å². The van der Waals surface area contributed by atoms with Crippen molar-refractivity contribution in [3.63, 3.8) is 0 Å². The lowest BCUT2D eigenvalue weighted by atomic mass is 10.3. The number of amides is 2. The topological polar surface area (TPSA) is 115 Å². The van der Waals surface area contributed by atoms with Crippen LogP contribution in [-0.4, -0.2) is 75.2 Å². The molecule has 11 heteroatoms. The number of rotatable bonds is 5. The van der Waals surface area contributed by atoms with Crippen LogP contribution >= 0.6 is 11.6 Å². The lowest BCUT2D eigenvalue weighted by molar-refractivity contribution is -0.0389. The molecular formula is C14H21ClN4O5S. The molecule has 1 aliphatic rings. The Morgan fingerprint density at radius 2 is 2.32 bits per heavy atom. The highest BCUT2D eigenvalue weighted by Crippen LogP contribution is 2.24. The third kappa shape index (κ3) is 5.18. The summed E-state index contributed by atoms with van der Waals surface area (Å²) >= 11 is 5.97. The van der Waals surface area contributed by atoms with Crippen LogP contribution in [0.5, 0.6) is 5.88 Å². The maximum Gasteiger partial charge on any atom is 0.319 e. The summed E-state index contributed by atoms with van der Waals surface area (Å²) in [6.45, 7) is 3.95. The summed E-state index contributed by atoms with van der Waals surface area (Å²) in [5.74, 6) is 0.0757. The Balaban J connectivity index is 1.96. The molecule has 2 heterocycles. The minimum Gasteiger partial charge on any atom is -0.474 e. The van der Waals surface area contributed by atoms with Crippen LogP contribution in [0.15, 0.2) is 17.2 Å². The van der Waals surface area contributed by atoms with Gasteiger partial charge in [0, 0.05) is 20.1 Å². The Morgan fingerprint density at radius 1 is 1.60 bits per heavy atom. The van der Waals surface area contributed by atoms with E-state index in [1.807, 2.05) is 6.92 Å². The van der Waals surface area contributed by atoms with Crippen LogP contribution in [0.25, 0.3) is 0 Å². The fourth-order valence-electron chi connectivity index (χ4n) is 2.21. The van der Waals surface area contributed by atoms with Crippen molar-refractivity contribution in [2.24, 2.45) is 5.14 Å². The first-order chi connectivity index (χ1) is 11.7. The second-order valence-corrected chi connectivity index (χ2v) is 7.52. The highest BCUT2D eigenvalue weighted by Gasteiger charge is 2.26. The number of sulfonamides is 1. The average molecular weight is 393 g/mol. The number of aromatic nitrogens is 1. The molecule has 0 spiro atoms. The molecule has 25 heavy (non-hydrogen) atoms. The SMILES string of the molecule is CCN(C)C(=O)N1CCOC(COc2ncc(S(N)(=O)=O)cc2Cl)C1. The van der Waals surface area contributed by atoms with Crippen molar-refractivity contribution in [3.8, 4) is 5.88 Å². The first-order valence-corrected chi connectivity index (χ1v) is 9.57. The maximum atomic E-state index is 12.2. The fraction of sp³-hybridized carbons (Fsp3) is 0.571. The Labute approximate surface area is 151 Å². The lowest BCUT2D eigenvalue weighted by Gasteiger charge is -2.34. The van der Waals surface area contributed by atoms with E-state index in [9.17, 15) is 13.2 Å². The highest BCUT2D eigenvalue weighted by molar-refractivity contribution is 7.89. The van der Waals surface area contributed by atoms with Gasteiger partial charge in [0.2, 0.25) is 15.9 Å². The first kappa shape index (κ1) is 19.7. The summed E-state index contributed by atoms with van der Waals surface area (Å²) in [7, 11) is -2.14. The van der Waals surface area contributed by atoms with Crippen LogP contribution < -0.4 is 9.88 Å². The van der Waals surface area contributed by atoms with Crippen molar-refractivity contribution >= 4 is 27.7 Å². The van der Waals surface area contributed by atoms with Gasteiger partial charge >= 0.3 is 6.03 Å². The predicted octanol–water partition coefficient (Wildman–Crippen LogP) is 0.534. The van der Waals surface area contributed by atoms with E-state index in [1.165, 1.54) is 6.07 Å². The predicted molar refractivity (Wildman–Crippen MR) is 91.1 cm³/mol. The second kappa shape index (κ2) is 8.17. The molecular weight excluding hydrogens is 372 g/mol. The molecule has 2 rings (SSSR count). The van der Waals surface area contributed by atoms with E-state index >= 15 is 0 Å². The first-order valence-electron chi connectivity index (χ1n) is 7.65. The molecule has 0 radical (unpaired) electrons. The van der Waals surface area contributed by atoms with Crippen LogP contribution in [0.3, 0.4) is 0 Å². The number of nitrogens with two attached hydrogens (primary N) is 1. The monoisotopic (exact) mass is 392 g/mol. The molecule has 1 aromatic heterocycles. The van der Waals surface area contributed by atoms with Gasteiger partial charge in [0.1, 0.15) is 22.6 Å². The molecule has 2 amide bonds. The minimum absolute atomic E-state index is 0.0287. The number of hydrogen-bond acceptors (Lipinski definition) is 6. The summed E-state index contributed by atoms with van der Waals surface area (Å²) in [6, 6.07) is 1.11. The van der Waals surface area contributed by atoms with Gasteiger partial charge in [-0.05, 0) is 13.0 Å². The van der Waals surface area contributed by atoms with Gasteiger partial charge in [0.15, 0.2) is 0 Å². The van der Waals surface area contributed by atoms with Gasteiger partial charge in [-0.1, -0.05) is 11.6 Å². The van der Waals surface area contributed by atoms with Gasteiger partial charge in [-0.15, -0.1) is 0 Å². The summed E-state index contributed by atoms with van der Waals surface area (Å²) in [5, 5.41) is 5.05.